The van der Waals surface area contributed by atoms with Crippen molar-refractivity contribution in [3.05, 3.63) is 0 Å². The Balaban J connectivity index is 1.74. The van der Waals surface area contributed by atoms with Crippen molar-refractivity contribution < 1.29 is 4.74 Å². The second kappa shape index (κ2) is 8.13. The molecule has 2 aliphatic rings. The van der Waals surface area contributed by atoms with E-state index in [0.29, 0.717) is 12.1 Å². The first kappa shape index (κ1) is 14.3. The van der Waals surface area contributed by atoms with Gasteiger partial charge >= 0.3 is 0 Å². The van der Waals surface area contributed by atoms with Gasteiger partial charge in [-0.3, -0.25) is 4.90 Å². The summed E-state index contributed by atoms with van der Waals surface area (Å²) < 4.78 is 5.88. The van der Waals surface area contributed by atoms with E-state index >= 15 is 0 Å². The summed E-state index contributed by atoms with van der Waals surface area (Å²) in [4.78, 5) is 2.62. The number of hydrogen-bond donors (Lipinski definition) is 1. The second-order valence-corrected chi connectivity index (χ2v) is 5.89. The summed E-state index contributed by atoms with van der Waals surface area (Å²) in [5, 5.41) is 3.66. The van der Waals surface area contributed by atoms with Crippen molar-refractivity contribution in [2.24, 2.45) is 0 Å². The first-order chi connectivity index (χ1) is 8.88. The summed E-state index contributed by atoms with van der Waals surface area (Å²) in [6.45, 7) is 8.05. The Morgan fingerprint density at radius 2 is 2.00 bits per heavy atom. The van der Waals surface area contributed by atoms with Gasteiger partial charge in [0.15, 0.2) is 0 Å². The van der Waals surface area contributed by atoms with Crippen LogP contribution in [0.5, 0.6) is 0 Å². The lowest BCUT2D eigenvalue weighted by atomic mass is 10.0. The van der Waals surface area contributed by atoms with Gasteiger partial charge in [0, 0.05) is 25.7 Å². The molecular formula is C15H30N2O. The topological polar surface area (TPSA) is 24.5 Å². The van der Waals surface area contributed by atoms with Gasteiger partial charge in [-0.2, -0.15) is 0 Å². The molecule has 3 heteroatoms. The second-order valence-electron chi connectivity index (χ2n) is 5.89. The van der Waals surface area contributed by atoms with Gasteiger partial charge in [-0.15, -0.1) is 0 Å². The monoisotopic (exact) mass is 254 g/mol. The predicted octanol–water partition coefficient (Wildman–Crippen LogP) is 2.41. The molecule has 0 saturated carbocycles. The standard InChI is InChI=1S/C15H30N2O/c1-2-10-17(12-14-7-3-5-9-16-14)13-15-8-4-6-11-18-15/h14-16H,2-13H2,1H3. The van der Waals surface area contributed by atoms with Crippen molar-refractivity contribution in [3.63, 3.8) is 0 Å². The predicted molar refractivity (Wildman–Crippen MR) is 76.0 cm³/mol. The van der Waals surface area contributed by atoms with Crippen molar-refractivity contribution >= 4 is 0 Å². The highest BCUT2D eigenvalue weighted by Gasteiger charge is 2.21. The van der Waals surface area contributed by atoms with Crippen LogP contribution in [0.2, 0.25) is 0 Å². The largest absolute Gasteiger partial charge is 0.377 e. The summed E-state index contributed by atoms with van der Waals surface area (Å²) in [5.74, 6) is 0. The molecule has 0 aromatic carbocycles. The zero-order chi connectivity index (χ0) is 12.6. The minimum Gasteiger partial charge on any atom is -0.377 e. The van der Waals surface area contributed by atoms with Crippen LogP contribution in [0, 0.1) is 0 Å². The number of rotatable bonds is 6. The lowest BCUT2D eigenvalue weighted by Gasteiger charge is -2.33. The Labute approximate surface area is 112 Å². The highest BCUT2D eigenvalue weighted by molar-refractivity contribution is 4.78. The van der Waals surface area contributed by atoms with E-state index in [1.165, 1.54) is 64.6 Å². The third kappa shape index (κ3) is 4.87. The molecule has 2 saturated heterocycles. The van der Waals surface area contributed by atoms with E-state index in [2.05, 4.69) is 17.1 Å². The molecule has 0 bridgehead atoms. The van der Waals surface area contributed by atoms with Crippen molar-refractivity contribution in [1.82, 2.24) is 10.2 Å². The van der Waals surface area contributed by atoms with Gasteiger partial charge in [-0.05, 0) is 51.6 Å². The Morgan fingerprint density at radius 3 is 2.67 bits per heavy atom. The Kier molecular flexibility index (Phi) is 6.46. The van der Waals surface area contributed by atoms with Crippen molar-refractivity contribution in [3.8, 4) is 0 Å². The summed E-state index contributed by atoms with van der Waals surface area (Å²) in [6.07, 6.45) is 9.73. The van der Waals surface area contributed by atoms with Crippen LogP contribution in [0.4, 0.5) is 0 Å². The van der Waals surface area contributed by atoms with Crippen LogP contribution in [-0.4, -0.2) is 49.8 Å². The number of nitrogens with zero attached hydrogens (tertiary/aromatic N) is 1. The molecule has 0 aliphatic carbocycles. The first-order valence-electron chi connectivity index (χ1n) is 7.96. The van der Waals surface area contributed by atoms with Crippen molar-refractivity contribution in [2.45, 2.75) is 64.0 Å². The van der Waals surface area contributed by atoms with E-state index in [9.17, 15) is 0 Å². The zero-order valence-electron chi connectivity index (χ0n) is 12.0. The van der Waals surface area contributed by atoms with Crippen LogP contribution in [0.15, 0.2) is 0 Å². The zero-order valence-corrected chi connectivity index (χ0v) is 12.0. The fourth-order valence-electron chi connectivity index (χ4n) is 3.20. The molecule has 0 radical (unpaired) electrons. The smallest absolute Gasteiger partial charge is 0.0702 e. The van der Waals surface area contributed by atoms with Crippen LogP contribution in [0.3, 0.4) is 0 Å². The van der Waals surface area contributed by atoms with Gasteiger partial charge in [-0.25, -0.2) is 0 Å². The molecular weight excluding hydrogens is 224 g/mol. The van der Waals surface area contributed by atoms with Crippen LogP contribution < -0.4 is 5.32 Å². The van der Waals surface area contributed by atoms with Crippen LogP contribution in [-0.2, 0) is 4.74 Å². The summed E-state index contributed by atoms with van der Waals surface area (Å²) >= 11 is 0. The number of nitrogens with one attached hydrogen (secondary N) is 1. The van der Waals surface area contributed by atoms with E-state index in [4.69, 9.17) is 4.74 Å². The number of ether oxygens (including phenoxy) is 1. The maximum atomic E-state index is 5.88. The average molecular weight is 254 g/mol. The molecule has 2 atom stereocenters. The van der Waals surface area contributed by atoms with Crippen LogP contribution in [0.1, 0.15) is 51.9 Å². The Bertz CT molecular complexity index is 191. The molecule has 106 valence electrons. The fourth-order valence-corrected chi connectivity index (χ4v) is 3.20. The van der Waals surface area contributed by atoms with Crippen LogP contribution >= 0.6 is 0 Å². The highest BCUT2D eigenvalue weighted by Crippen LogP contribution is 2.15. The Hall–Kier alpha value is -0.120. The molecule has 2 unspecified atom stereocenters. The molecule has 1 N–H and O–H groups in total. The van der Waals surface area contributed by atoms with Crippen molar-refractivity contribution in [2.75, 3.05) is 32.8 Å². The third-order valence-corrected chi connectivity index (χ3v) is 4.17. The minimum atomic E-state index is 0.494. The molecule has 3 nitrogen and oxygen atoms in total. The van der Waals surface area contributed by atoms with E-state index < -0.39 is 0 Å². The third-order valence-electron chi connectivity index (χ3n) is 4.17. The lowest BCUT2D eigenvalue weighted by molar-refractivity contribution is -0.00752. The lowest BCUT2D eigenvalue weighted by Crippen LogP contribution is -2.46. The van der Waals surface area contributed by atoms with Gasteiger partial charge in [-0.1, -0.05) is 13.3 Å². The normalized spacial score (nSPS) is 29.7. The van der Waals surface area contributed by atoms with E-state index in [0.717, 1.165) is 13.2 Å². The molecule has 18 heavy (non-hydrogen) atoms. The first-order valence-corrected chi connectivity index (χ1v) is 7.96. The minimum absolute atomic E-state index is 0.494. The number of hydrogen-bond acceptors (Lipinski definition) is 3. The maximum Gasteiger partial charge on any atom is 0.0702 e. The highest BCUT2D eigenvalue weighted by atomic mass is 16.5. The molecule has 0 amide bonds. The SMILES string of the molecule is CCCN(CC1CCCCN1)CC1CCCCO1. The van der Waals surface area contributed by atoms with Gasteiger partial charge in [0.05, 0.1) is 6.10 Å². The summed E-state index contributed by atoms with van der Waals surface area (Å²) in [6, 6.07) is 0.717. The van der Waals surface area contributed by atoms with Gasteiger partial charge in [0.25, 0.3) is 0 Å². The van der Waals surface area contributed by atoms with Gasteiger partial charge < -0.3 is 10.1 Å². The number of piperidine rings is 1. The van der Waals surface area contributed by atoms with E-state index in [-0.39, 0.29) is 0 Å². The molecule has 0 spiro atoms. The van der Waals surface area contributed by atoms with Crippen molar-refractivity contribution in [1.29, 1.82) is 0 Å². The quantitative estimate of drug-likeness (QED) is 0.788. The maximum absolute atomic E-state index is 5.88. The molecule has 2 rings (SSSR count). The fraction of sp³-hybridized carbons (Fsp3) is 1.00. The molecule has 0 aromatic heterocycles. The van der Waals surface area contributed by atoms with E-state index in [1.54, 1.807) is 0 Å². The summed E-state index contributed by atoms with van der Waals surface area (Å²) in [7, 11) is 0. The van der Waals surface area contributed by atoms with E-state index in [1.807, 2.05) is 0 Å². The summed E-state index contributed by atoms with van der Waals surface area (Å²) in [5.41, 5.74) is 0. The van der Waals surface area contributed by atoms with Crippen LogP contribution in [0.25, 0.3) is 0 Å². The average Bonchev–Trinajstić information content (AvgIpc) is 2.41. The molecule has 2 aliphatic heterocycles. The molecule has 2 heterocycles. The van der Waals surface area contributed by atoms with Gasteiger partial charge in [0.2, 0.25) is 0 Å². The Morgan fingerprint density at radius 1 is 1.11 bits per heavy atom. The van der Waals surface area contributed by atoms with Gasteiger partial charge in [0.1, 0.15) is 0 Å². The molecule has 2 fully saturated rings. The molecule has 0 aromatic rings.